The predicted molar refractivity (Wildman–Crippen MR) is 41.3 cm³/mol. The Morgan fingerprint density at radius 3 is 3.00 bits per heavy atom. The van der Waals surface area contributed by atoms with Crippen molar-refractivity contribution in [3.63, 3.8) is 0 Å². The van der Waals surface area contributed by atoms with Crippen molar-refractivity contribution in [1.82, 2.24) is 5.32 Å². The van der Waals surface area contributed by atoms with Crippen LogP contribution in [0.4, 0.5) is 0 Å². The van der Waals surface area contributed by atoms with E-state index in [2.05, 4.69) is 17.5 Å². The molecule has 51 valence electrons. The van der Waals surface area contributed by atoms with Gasteiger partial charge in [-0.2, -0.15) is 0 Å². The van der Waals surface area contributed by atoms with E-state index >= 15 is 0 Å². The first-order valence-electron chi connectivity index (χ1n) is 3.74. The molecule has 0 saturated carbocycles. The van der Waals surface area contributed by atoms with Crippen LogP contribution in [-0.4, -0.2) is 0 Å². The van der Waals surface area contributed by atoms with Crippen LogP contribution in [0.25, 0.3) is 0 Å². The third-order valence-corrected chi connectivity index (χ3v) is 1.92. The molecular weight excluding hydrogens is 122 g/mol. The molecule has 1 nitrogen and oxygen atoms in total. The second-order valence-corrected chi connectivity index (χ2v) is 2.64. The molecule has 0 N–H and O–H groups in total. The van der Waals surface area contributed by atoms with E-state index in [0.29, 0.717) is 0 Å². The molecule has 0 bridgehead atoms. The normalized spacial score (nSPS) is 22.4. The van der Waals surface area contributed by atoms with Crippen LogP contribution in [-0.2, 0) is 0 Å². The number of hydrogen-bond acceptors (Lipinski definition) is 0. The van der Waals surface area contributed by atoms with Gasteiger partial charge in [0.15, 0.2) is 0 Å². The number of allylic oxidation sites excluding steroid dienone is 4. The summed E-state index contributed by atoms with van der Waals surface area (Å²) in [5.41, 5.74) is 2.61. The summed E-state index contributed by atoms with van der Waals surface area (Å²) >= 11 is 0. The zero-order valence-electron chi connectivity index (χ0n) is 5.88. The molecule has 1 aliphatic carbocycles. The lowest BCUT2D eigenvalue weighted by Crippen LogP contribution is -1.93. The summed E-state index contributed by atoms with van der Waals surface area (Å²) < 4.78 is 0. The number of hydrogen-bond donors (Lipinski definition) is 0. The highest BCUT2D eigenvalue weighted by atomic mass is 14.9. The molecular formula is C9H10N. The first-order valence-corrected chi connectivity index (χ1v) is 3.74. The number of nitrogens with zero attached hydrogens (tertiary/aromatic N) is 1. The molecule has 0 saturated heterocycles. The molecule has 0 atom stereocenters. The standard InChI is InChI=1S/C9H10N/c1-2-5-8(4-1)9-6-3-7-10-9/h3-4,6-7H,1-2,5H2. The quantitative estimate of drug-likeness (QED) is 0.519. The van der Waals surface area contributed by atoms with Gasteiger partial charge in [-0.15, -0.1) is 0 Å². The lowest BCUT2D eigenvalue weighted by Gasteiger charge is -1.99. The van der Waals surface area contributed by atoms with Crippen molar-refractivity contribution in [2.45, 2.75) is 19.3 Å². The lowest BCUT2D eigenvalue weighted by atomic mass is 10.2. The maximum Gasteiger partial charge on any atom is 0.0658 e. The van der Waals surface area contributed by atoms with Gasteiger partial charge >= 0.3 is 0 Å². The Labute approximate surface area is 61.1 Å². The molecule has 1 heteroatoms. The highest BCUT2D eigenvalue weighted by molar-refractivity contribution is 5.38. The van der Waals surface area contributed by atoms with Crippen LogP contribution in [0.15, 0.2) is 35.7 Å². The predicted octanol–water partition coefficient (Wildman–Crippen LogP) is 2.11. The van der Waals surface area contributed by atoms with Gasteiger partial charge in [0.2, 0.25) is 0 Å². The molecule has 1 aliphatic heterocycles. The molecule has 1 radical (unpaired) electrons. The topological polar surface area (TPSA) is 14.1 Å². The molecule has 0 aromatic heterocycles. The van der Waals surface area contributed by atoms with E-state index < -0.39 is 0 Å². The molecule has 2 aliphatic rings. The van der Waals surface area contributed by atoms with Crippen LogP contribution in [0.3, 0.4) is 0 Å². The van der Waals surface area contributed by atoms with Crippen LogP contribution >= 0.6 is 0 Å². The second kappa shape index (κ2) is 2.33. The third-order valence-electron chi connectivity index (χ3n) is 1.92. The van der Waals surface area contributed by atoms with Crippen molar-refractivity contribution in [1.29, 1.82) is 0 Å². The van der Waals surface area contributed by atoms with E-state index in [1.807, 2.05) is 12.3 Å². The molecule has 1 heterocycles. The summed E-state index contributed by atoms with van der Waals surface area (Å²) in [5, 5.41) is 4.23. The van der Waals surface area contributed by atoms with E-state index in [9.17, 15) is 0 Å². The summed E-state index contributed by atoms with van der Waals surface area (Å²) in [6, 6.07) is 0. The average Bonchev–Trinajstić information content (AvgIpc) is 2.59. The van der Waals surface area contributed by atoms with Gasteiger partial charge in [0.05, 0.1) is 5.70 Å². The zero-order valence-corrected chi connectivity index (χ0v) is 5.88. The molecule has 2 rings (SSSR count). The van der Waals surface area contributed by atoms with Crippen molar-refractivity contribution in [3.8, 4) is 0 Å². The Morgan fingerprint density at radius 2 is 2.40 bits per heavy atom. The minimum absolute atomic E-state index is 1.18. The minimum Gasteiger partial charge on any atom is -0.257 e. The first kappa shape index (κ1) is 5.78. The fourth-order valence-electron chi connectivity index (χ4n) is 1.39. The van der Waals surface area contributed by atoms with Gasteiger partial charge in [0.1, 0.15) is 0 Å². The highest BCUT2D eigenvalue weighted by Crippen LogP contribution is 2.24. The Morgan fingerprint density at radius 1 is 1.40 bits per heavy atom. The smallest absolute Gasteiger partial charge is 0.0658 e. The molecule has 0 amide bonds. The summed E-state index contributed by atoms with van der Waals surface area (Å²) in [7, 11) is 0. The van der Waals surface area contributed by atoms with E-state index in [4.69, 9.17) is 0 Å². The molecule has 10 heavy (non-hydrogen) atoms. The van der Waals surface area contributed by atoms with Gasteiger partial charge in [-0.3, -0.25) is 5.32 Å². The molecule has 0 spiro atoms. The molecule has 0 aromatic carbocycles. The van der Waals surface area contributed by atoms with E-state index in [-0.39, 0.29) is 0 Å². The van der Waals surface area contributed by atoms with Gasteiger partial charge in [-0.25, -0.2) is 0 Å². The number of rotatable bonds is 1. The van der Waals surface area contributed by atoms with Crippen LogP contribution < -0.4 is 5.32 Å². The first-order chi connectivity index (χ1) is 4.97. The van der Waals surface area contributed by atoms with Crippen LogP contribution in [0.1, 0.15) is 19.3 Å². The average molecular weight is 132 g/mol. The maximum atomic E-state index is 4.23. The van der Waals surface area contributed by atoms with Crippen LogP contribution in [0.2, 0.25) is 0 Å². The Kier molecular flexibility index (Phi) is 1.35. The third kappa shape index (κ3) is 0.878. The van der Waals surface area contributed by atoms with Gasteiger partial charge in [-0.05, 0) is 37.0 Å². The van der Waals surface area contributed by atoms with Crippen molar-refractivity contribution in [3.05, 3.63) is 35.7 Å². The van der Waals surface area contributed by atoms with E-state index in [1.165, 1.54) is 30.5 Å². The van der Waals surface area contributed by atoms with E-state index in [1.54, 1.807) is 0 Å². The summed E-state index contributed by atoms with van der Waals surface area (Å²) in [6.45, 7) is 0. The molecule has 0 aromatic rings. The van der Waals surface area contributed by atoms with Gasteiger partial charge < -0.3 is 0 Å². The van der Waals surface area contributed by atoms with Gasteiger partial charge in [-0.1, -0.05) is 6.08 Å². The zero-order chi connectivity index (χ0) is 6.81. The van der Waals surface area contributed by atoms with Crippen molar-refractivity contribution in [2.24, 2.45) is 0 Å². The van der Waals surface area contributed by atoms with Crippen molar-refractivity contribution in [2.75, 3.05) is 0 Å². The highest BCUT2D eigenvalue weighted by Gasteiger charge is 2.10. The van der Waals surface area contributed by atoms with Gasteiger partial charge in [0.25, 0.3) is 0 Å². The van der Waals surface area contributed by atoms with Gasteiger partial charge in [0, 0.05) is 6.20 Å². The largest absolute Gasteiger partial charge is 0.257 e. The van der Waals surface area contributed by atoms with Crippen LogP contribution in [0, 0.1) is 0 Å². The van der Waals surface area contributed by atoms with Crippen molar-refractivity contribution >= 4 is 0 Å². The Bertz CT molecular complexity index is 221. The second-order valence-electron chi connectivity index (χ2n) is 2.64. The fraction of sp³-hybridized carbons (Fsp3) is 0.333. The van der Waals surface area contributed by atoms with Crippen molar-refractivity contribution < 1.29 is 0 Å². The summed E-state index contributed by atoms with van der Waals surface area (Å²) in [5.74, 6) is 0. The minimum atomic E-state index is 1.18. The SMILES string of the molecule is C1=C[N]C(C2=CCCC2)=C1. The molecule has 0 unspecified atom stereocenters. The summed E-state index contributed by atoms with van der Waals surface area (Å²) in [4.78, 5) is 0. The lowest BCUT2D eigenvalue weighted by molar-refractivity contribution is 0.896. The Hall–Kier alpha value is -0.980. The Balaban J connectivity index is 2.12. The van der Waals surface area contributed by atoms with E-state index in [0.717, 1.165) is 0 Å². The molecule has 0 fully saturated rings. The van der Waals surface area contributed by atoms with Crippen LogP contribution in [0.5, 0.6) is 0 Å². The monoisotopic (exact) mass is 132 g/mol. The fourth-order valence-corrected chi connectivity index (χ4v) is 1.39. The maximum absolute atomic E-state index is 4.23. The summed E-state index contributed by atoms with van der Waals surface area (Å²) in [6.07, 6.45) is 12.0.